The Morgan fingerprint density at radius 3 is 2.67 bits per heavy atom. The van der Waals surface area contributed by atoms with Gasteiger partial charge in [0.15, 0.2) is 0 Å². The maximum Gasteiger partial charge on any atom is 0.221 e. The third-order valence-corrected chi connectivity index (χ3v) is 4.08. The number of carbonyl (C=O) groups is 1. The van der Waals surface area contributed by atoms with E-state index in [4.69, 9.17) is 0 Å². The van der Waals surface area contributed by atoms with Gasteiger partial charge in [-0.25, -0.2) is 0 Å². The van der Waals surface area contributed by atoms with E-state index in [0.29, 0.717) is 18.5 Å². The molecule has 0 aromatic carbocycles. The Morgan fingerprint density at radius 2 is 2.13 bits per heavy atom. The highest BCUT2D eigenvalue weighted by Gasteiger charge is 2.36. The molecule has 4 saturated heterocycles. The molecule has 4 aliphatic rings. The molecule has 4 aliphatic heterocycles. The zero-order valence-electron chi connectivity index (χ0n) is 9.04. The van der Waals surface area contributed by atoms with E-state index in [1.165, 1.54) is 32.5 Å². The van der Waals surface area contributed by atoms with Crippen LogP contribution in [0.2, 0.25) is 0 Å². The summed E-state index contributed by atoms with van der Waals surface area (Å²) in [5.74, 6) is 1.06. The molecular weight excluding hydrogens is 190 g/mol. The van der Waals surface area contributed by atoms with E-state index in [2.05, 4.69) is 15.5 Å². The lowest BCUT2D eigenvalue weighted by atomic mass is 9.83. The zero-order chi connectivity index (χ0) is 10.3. The summed E-state index contributed by atoms with van der Waals surface area (Å²) in [4.78, 5) is 13.6. The summed E-state index contributed by atoms with van der Waals surface area (Å²) in [6.45, 7) is 4.58. The summed E-state index contributed by atoms with van der Waals surface area (Å²) < 4.78 is 0. The second-order valence-corrected chi connectivity index (χ2v) is 5.12. The van der Waals surface area contributed by atoms with Crippen LogP contribution in [0.4, 0.5) is 0 Å². The Morgan fingerprint density at radius 1 is 1.33 bits per heavy atom. The van der Waals surface area contributed by atoms with Gasteiger partial charge in [-0.1, -0.05) is 0 Å². The number of amides is 1. The molecule has 4 heterocycles. The summed E-state index contributed by atoms with van der Waals surface area (Å²) in [5, 5.41) is 6.54. The van der Waals surface area contributed by atoms with Crippen LogP contribution in [0.1, 0.15) is 19.3 Å². The lowest BCUT2D eigenvalue weighted by Gasteiger charge is -2.45. The molecule has 2 unspecified atom stereocenters. The van der Waals surface area contributed by atoms with E-state index in [1.54, 1.807) is 0 Å². The number of nitrogens with zero attached hydrogens (tertiary/aromatic N) is 1. The maximum absolute atomic E-state index is 11.1. The molecule has 1 amide bonds. The van der Waals surface area contributed by atoms with Crippen LogP contribution in [0.3, 0.4) is 0 Å². The van der Waals surface area contributed by atoms with Crippen LogP contribution in [0.15, 0.2) is 0 Å². The van der Waals surface area contributed by atoms with Gasteiger partial charge in [0.1, 0.15) is 0 Å². The average molecular weight is 209 g/mol. The summed E-state index contributed by atoms with van der Waals surface area (Å²) >= 11 is 0. The summed E-state index contributed by atoms with van der Waals surface area (Å²) in [6, 6.07) is 1.01. The van der Waals surface area contributed by atoms with Crippen molar-refractivity contribution in [3.63, 3.8) is 0 Å². The Kier molecular flexibility index (Phi) is 2.41. The fourth-order valence-corrected chi connectivity index (χ4v) is 3.18. The van der Waals surface area contributed by atoms with Gasteiger partial charge in [-0.05, 0) is 31.8 Å². The van der Waals surface area contributed by atoms with Gasteiger partial charge in [-0.15, -0.1) is 0 Å². The third-order valence-electron chi connectivity index (χ3n) is 4.08. The SMILES string of the molecule is O=C1CC(NC2CN3CCC2CC3)CN1. The maximum atomic E-state index is 11.1. The quantitative estimate of drug-likeness (QED) is 0.648. The second kappa shape index (κ2) is 3.76. The van der Waals surface area contributed by atoms with Gasteiger partial charge < -0.3 is 15.5 Å². The average Bonchev–Trinajstić information content (AvgIpc) is 2.66. The lowest BCUT2D eigenvalue weighted by molar-refractivity contribution is -0.119. The van der Waals surface area contributed by atoms with E-state index in [-0.39, 0.29) is 5.91 Å². The fraction of sp³-hybridized carbons (Fsp3) is 0.909. The molecule has 2 N–H and O–H groups in total. The van der Waals surface area contributed by atoms with Gasteiger partial charge in [0.2, 0.25) is 5.91 Å². The molecule has 2 atom stereocenters. The number of carbonyl (C=O) groups excluding carboxylic acids is 1. The molecule has 4 fully saturated rings. The molecule has 0 aromatic rings. The van der Waals surface area contributed by atoms with Crippen LogP contribution >= 0.6 is 0 Å². The summed E-state index contributed by atoms with van der Waals surface area (Å²) in [6.07, 6.45) is 3.35. The Bertz CT molecular complexity index is 261. The van der Waals surface area contributed by atoms with Crippen LogP contribution in [0, 0.1) is 5.92 Å². The van der Waals surface area contributed by atoms with Crippen molar-refractivity contribution < 1.29 is 4.79 Å². The standard InChI is InChI=1S/C11H19N3O/c15-11-5-9(6-12-11)13-10-7-14-3-1-8(10)2-4-14/h8-10,13H,1-7H2,(H,12,15). The van der Waals surface area contributed by atoms with Crippen molar-refractivity contribution in [2.75, 3.05) is 26.2 Å². The molecule has 0 radical (unpaired) electrons. The number of rotatable bonds is 2. The predicted octanol–water partition coefficient (Wildman–Crippen LogP) is -0.441. The molecule has 84 valence electrons. The number of nitrogens with one attached hydrogen (secondary N) is 2. The summed E-state index contributed by atoms with van der Waals surface area (Å²) in [7, 11) is 0. The van der Waals surface area contributed by atoms with E-state index in [1.807, 2.05) is 0 Å². The van der Waals surface area contributed by atoms with Crippen LogP contribution < -0.4 is 10.6 Å². The molecule has 4 rings (SSSR count). The molecule has 4 nitrogen and oxygen atoms in total. The third kappa shape index (κ3) is 1.88. The molecule has 0 spiro atoms. The first-order chi connectivity index (χ1) is 7.31. The summed E-state index contributed by atoms with van der Waals surface area (Å²) in [5.41, 5.74) is 0. The Labute approximate surface area is 90.4 Å². The molecular formula is C11H19N3O. The van der Waals surface area contributed by atoms with Crippen molar-refractivity contribution in [3.05, 3.63) is 0 Å². The van der Waals surface area contributed by atoms with Crippen molar-refractivity contribution in [1.82, 2.24) is 15.5 Å². The van der Waals surface area contributed by atoms with Gasteiger partial charge in [0.25, 0.3) is 0 Å². The van der Waals surface area contributed by atoms with Crippen molar-refractivity contribution in [2.45, 2.75) is 31.3 Å². The van der Waals surface area contributed by atoms with Gasteiger partial charge >= 0.3 is 0 Å². The first-order valence-electron chi connectivity index (χ1n) is 6.06. The van der Waals surface area contributed by atoms with E-state index in [9.17, 15) is 4.79 Å². The predicted molar refractivity (Wildman–Crippen MR) is 57.5 cm³/mol. The molecule has 0 saturated carbocycles. The normalized spacial score (nSPS) is 44.4. The molecule has 0 aromatic heterocycles. The molecule has 2 bridgehead atoms. The van der Waals surface area contributed by atoms with Gasteiger partial charge in [0.05, 0.1) is 0 Å². The first kappa shape index (κ1) is 9.60. The van der Waals surface area contributed by atoms with Crippen LogP contribution in [-0.2, 0) is 4.79 Å². The molecule has 15 heavy (non-hydrogen) atoms. The zero-order valence-corrected chi connectivity index (χ0v) is 9.04. The van der Waals surface area contributed by atoms with Crippen molar-refractivity contribution in [1.29, 1.82) is 0 Å². The van der Waals surface area contributed by atoms with Crippen LogP contribution in [-0.4, -0.2) is 49.1 Å². The largest absolute Gasteiger partial charge is 0.354 e. The molecule has 0 aliphatic carbocycles. The topological polar surface area (TPSA) is 44.4 Å². The minimum atomic E-state index is 0.203. The fourth-order valence-electron chi connectivity index (χ4n) is 3.18. The second-order valence-electron chi connectivity index (χ2n) is 5.12. The smallest absolute Gasteiger partial charge is 0.221 e. The highest BCUT2D eigenvalue weighted by molar-refractivity contribution is 5.78. The highest BCUT2D eigenvalue weighted by Crippen LogP contribution is 2.27. The molecule has 4 heteroatoms. The number of fused-ring (bicyclic) bond motifs is 3. The Balaban J connectivity index is 1.57. The van der Waals surface area contributed by atoms with E-state index in [0.717, 1.165) is 12.5 Å². The number of piperidine rings is 3. The van der Waals surface area contributed by atoms with Crippen molar-refractivity contribution >= 4 is 5.91 Å². The lowest BCUT2D eigenvalue weighted by Crippen LogP contribution is -2.58. The van der Waals surface area contributed by atoms with E-state index >= 15 is 0 Å². The first-order valence-corrected chi connectivity index (χ1v) is 6.06. The van der Waals surface area contributed by atoms with Gasteiger partial charge in [0, 0.05) is 31.6 Å². The van der Waals surface area contributed by atoms with E-state index < -0.39 is 0 Å². The van der Waals surface area contributed by atoms with Crippen molar-refractivity contribution in [2.24, 2.45) is 5.92 Å². The number of hydrogen-bond acceptors (Lipinski definition) is 3. The van der Waals surface area contributed by atoms with Gasteiger partial charge in [-0.2, -0.15) is 0 Å². The van der Waals surface area contributed by atoms with Gasteiger partial charge in [-0.3, -0.25) is 4.79 Å². The minimum Gasteiger partial charge on any atom is -0.354 e. The highest BCUT2D eigenvalue weighted by atomic mass is 16.1. The van der Waals surface area contributed by atoms with Crippen LogP contribution in [0.5, 0.6) is 0 Å². The van der Waals surface area contributed by atoms with Crippen molar-refractivity contribution in [3.8, 4) is 0 Å². The number of hydrogen-bond donors (Lipinski definition) is 2. The van der Waals surface area contributed by atoms with Crippen LogP contribution in [0.25, 0.3) is 0 Å². The monoisotopic (exact) mass is 209 g/mol. The Hall–Kier alpha value is -0.610. The minimum absolute atomic E-state index is 0.203.